The molecule has 1 aromatic carbocycles. The van der Waals surface area contributed by atoms with Gasteiger partial charge in [-0.3, -0.25) is 4.79 Å². The highest BCUT2D eigenvalue weighted by Gasteiger charge is 2.07. The van der Waals surface area contributed by atoms with E-state index in [0.717, 1.165) is 0 Å². The molecule has 3 nitrogen and oxygen atoms in total. The van der Waals surface area contributed by atoms with Crippen molar-refractivity contribution >= 4 is 28.5 Å². The zero-order valence-electron chi connectivity index (χ0n) is 8.93. The van der Waals surface area contributed by atoms with Crippen LogP contribution in [0.25, 0.3) is 0 Å². The number of benzene rings is 1. The van der Waals surface area contributed by atoms with E-state index in [9.17, 15) is 9.18 Å². The van der Waals surface area contributed by atoms with Crippen LogP contribution in [0.1, 0.15) is 17.3 Å². The van der Waals surface area contributed by atoms with Gasteiger partial charge in [-0.2, -0.15) is 0 Å². The van der Waals surface area contributed by atoms with Crippen molar-refractivity contribution in [2.75, 3.05) is 19.8 Å². The Morgan fingerprint density at radius 1 is 1.56 bits per heavy atom. The summed E-state index contributed by atoms with van der Waals surface area (Å²) in [6, 6.07) is 4.41. The van der Waals surface area contributed by atoms with Crippen molar-refractivity contribution in [1.29, 1.82) is 0 Å². The number of carbonyl (C=O) groups excluding carboxylic acids is 1. The van der Waals surface area contributed by atoms with Crippen molar-refractivity contribution in [3.8, 4) is 0 Å². The van der Waals surface area contributed by atoms with Crippen molar-refractivity contribution in [1.82, 2.24) is 5.32 Å². The Bertz CT molecular complexity index is 371. The summed E-state index contributed by atoms with van der Waals surface area (Å²) in [5.74, 6) is -0.659. The van der Waals surface area contributed by atoms with Crippen LogP contribution in [-0.4, -0.2) is 25.7 Å². The van der Waals surface area contributed by atoms with Crippen LogP contribution in [0.4, 0.5) is 4.39 Å². The van der Waals surface area contributed by atoms with E-state index in [2.05, 4.69) is 5.32 Å². The molecule has 0 aliphatic heterocycles. The number of hydrogen-bond donors (Lipinski definition) is 1. The number of halogens is 2. The molecule has 0 fully saturated rings. The minimum atomic E-state index is -0.377. The molecule has 1 aromatic rings. The van der Waals surface area contributed by atoms with Gasteiger partial charge < -0.3 is 10.1 Å². The predicted molar refractivity (Wildman–Crippen MR) is 67.9 cm³/mol. The molecule has 0 saturated heterocycles. The summed E-state index contributed by atoms with van der Waals surface area (Å²) in [7, 11) is 0. The van der Waals surface area contributed by atoms with E-state index in [0.29, 0.717) is 28.9 Å². The molecule has 88 valence electrons. The van der Waals surface area contributed by atoms with E-state index < -0.39 is 0 Å². The summed E-state index contributed by atoms with van der Waals surface area (Å²) in [5.41, 5.74) is 0.328. The lowest BCUT2D eigenvalue weighted by Crippen LogP contribution is -2.27. The molecule has 0 unspecified atom stereocenters. The average Bonchev–Trinajstić information content (AvgIpc) is 2.28. The van der Waals surface area contributed by atoms with Gasteiger partial charge in [0.1, 0.15) is 5.82 Å². The van der Waals surface area contributed by atoms with Crippen LogP contribution in [0, 0.1) is 9.39 Å². The van der Waals surface area contributed by atoms with Crippen LogP contribution in [-0.2, 0) is 4.74 Å². The normalized spacial score (nSPS) is 10.2. The zero-order valence-corrected chi connectivity index (χ0v) is 11.1. The molecule has 0 bridgehead atoms. The van der Waals surface area contributed by atoms with E-state index in [-0.39, 0.29) is 11.7 Å². The van der Waals surface area contributed by atoms with Gasteiger partial charge in [-0.15, -0.1) is 0 Å². The van der Waals surface area contributed by atoms with Gasteiger partial charge in [0.05, 0.1) is 6.61 Å². The third kappa shape index (κ3) is 4.05. The molecule has 0 heterocycles. The average molecular weight is 337 g/mol. The summed E-state index contributed by atoms with van der Waals surface area (Å²) in [4.78, 5) is 11.5. The monoisotopic (exact) mass is 337 g/mol. The standard InChI is InChI=1S/C11H13FINO2/c1-2-16-6-5-14-11(15)8-3-4-10(13)9(12)7-8/h3-4,7H,2,5-6H2,1H3,(H,14,15). The lowest BCUT2D eigenvalue weighted by Gasteiger charge is -2.05. The molecule has 0 aromatic heterocycles. The fourth-order valence-corrected chi connectivity index (χ4v) is 1.46. The fourth-order valence-electron chi connectivity index (χ4n) is 1.12. The molecule has 0 spiro atoms. The lowest BCUT2D eigenvalue weighted by atomic mass is 10.2. The number of rotatable bonds is 5. The number of carbonyl (C=O) groups is 1. The second-order valence-electron chi connectivity index (χ2n) is 3.08. The maximum absolute atomic E-state index is 13.2. The highest BCUT2D eigenvalue weighted by atomic mass is 127. The van der Waals surface area contributed by atoms with Crippen LogP contribution in [0.2, 0.25) is 0 Å². The van der Waals surface area contributed by atoms with Gasteiger partial charge in [-0.05, 0) is 47.7 Å². The van der Waals surface area contributed by atoms with Crippen LogP contribution in [0.3, 0.4) is 0 Å². The highest BCUT2D eigenvalue weighted by molar-refractivity contribution is 14.1. The van der Waals surface area contributed by atoms with Gasteiger partial charge in [0.25, 0.3) is 5.91 Å². The smallest absolute Gasteiger partial charge is 0.251 e. The molecule has 1 N–H and O–H groups in total. The Labute approximate surface area is 108 Å². The molecule has 5 heteroatoms. The summed E-state index contributed by atoms with van der Waals surface area (Å²) < 4.78 is 18.7. The quantitative estimate of drug-likeness (QED) is 0.661. The van der Waals surface area contributed by atoms with Crippen LogP contribution in [0.5, 0.6) is 0 Å². The number of nitrogens with one attached hydrogen (secondary N) is 1. The third-order valence-electron chi connectivity index (χ3n) is 1.92. The third-order valence-corrected chi connectivity index (χ3v) is 2.79. The van der Waals surface area contributed by atoms with E-state index >= 15 is 0 Å². The highest BCUT2D eigenvalue weighted by Crippen LogP contribution is 2.12. The van der Waals surface area contributed by atoms with E-state index in [1.807, 2.05) is 29.5 Å². The number of amides is 1. The summed E-state index contributed by atoms with van der Waals surface area (Å²) >= 11 is 1.88. The SMILES string of the molecule is CCOCCNC(=O)c1ccc(I)c(F)c1. The van der Waals surface area contributed by atoms with Crippen molar-refractivity contribution in [3.63, 3.8) is 0 Å². The first kappa shape index (κ1) is 13.4. The Morgan fingerprint density at radius 2 is 2.31 bits per heavy atom. The molecule has 1 amide bonds. The first-order chi connectivity index (χ1) is 7.65. The largest absolute Gasteiger partial charge is 0.380 e. The zero-order chi connectivity index (χ0) is 12.0. The van der Waals surface area contributed by atoms with Crippen LogP contribution < -0.4 is 5.32 Å². The predicted octanol–water partition coefficient (Wildman–Crippen LogP) is 2.20. The van der Waals surface area contributed by atoms with Gasteiger partial charge in [0.15, 0.2) is 0 Å². The molecule has 0 radical (unpaired) electrons. The van der Waals surface area contributed by atoms with Crippen molar-refractivity contribution < 1.29 is 13.9 Å². The van der Waals surface area contributed by atoms with Gasteiger partial charge in [-0.25, -0.2) is 4.39 Å². The molecule has 0 saturated carbocycles. The first-order valence-electron chi connectivity index (χ1n) is 4.96. The number of ether oxygens (including phenoxy) is 1. The first-order valence-corrected chi connectivity index (χ1v) is 6.04. The van der Waals surface area contributed by atoms with Gasteiger partial charge >= 0.3 is 0 Å². The maximum Gasteiger partial charge on any atom is 0.251 e. The van der Waals surface area contributed by atoms with E-state index in [1.165, 1.54) is 6.07 Å². The van der Waals surface area contributed by atoms with E-state index in [4.69, 9.17) is 4.74 Å². The van der Waals surface area contributed by atoms with Gasteiger partial charge in [0, 0.05) is 22.3 Å². The van der Waals surface area contributed by atoms with Crippen molar-refractivity contribution in [2.45, 2.75) is 6.92 Å². The summed E-state index contributed by atoms with van der Waals surface area (Å²) in [6.07, 6.45) is 0. The summed E-state index contributed by atoms with van der Waals surface area (Å²) in [6.45, 7) is 3.40. The molecule has 0 aliphatic rings. The lowest BCUT2D eigenvalue weighted by molar-refractivity contribution is 0.0922. The molecular weight excluding hydrogens is 324 g/mol. The Morgan fingerprint density at radius 3 is 2.94 bits per heavy atom. The van der Waals surface area contributed by atoms with Crippen LogP contribution >= 0.6 is 22.6 Å². The Kier molecular flexibility index (Phi) is 5.68. The summed E-state index contributed by atoms with van der Waals surface area (Å²) in [5, 5.41) is 2.65. The second-order valence-corrected chi connectivity index (χ2v) is 4.24. The molecule has 0 aliphatic carbocycles. The van der Waals surface area contributed by atoms with E-state index in [1.54, 1.807) is 12.1 Å². The Balaban J connectivity index is 2.50. The number of hydrogen-bond acceptors (Lipinski definition) is 2. The van der Waals surface area contributed by atoms with Crippen molar-refractivity contribution in [2.24, 2.45) is 0 Å². The van der Waals surface area contributed by atoms with Crippen LogP contribution in [0.15, 0.2) is 18.2 Å². The molecule has 1 rings (SSSR count). The Hall–Kier alpha value is -0.690. The van der Waals surface area contributed by atoms with Gasteiger partial charge in [0.2, 0.25) is 0 Å². The van der Waals surface area contributed by atoms with Crippen molar-refractivity contribution in [3.05, 3.63) is 33.1 Å². The van der Waals surface area contributed by atoms with Gasteiger partial charge in [-0.1, -0.05) is 0 Å². The fraction of sp³-hybridized carbons (Fsp3) is 0.364. The molecular formula is C11H13FINO2. The minimum absolute atomic E-state index is 0.282. The topological polar surface area (TPSA) is 38.3 Å². The maximum atomic E-state index is 13.2. The molecule has 16 heavy (non-hydrogen) atoms. The minimum Gasteiger partial charge on any atom is -0.380 e. The molecule has 0 atom stereocenters. The second kappa shape index (κ2) is 6.80.